The number of anilines is 1. The fourth-order valence-corrected chi connectivity index (χ4v) is 3.83. The number of nitrogens with one attached hydrogen (secondary N) is 1. The summed E-state index contributed by atoms with van der Waals surface area (Å²) in [5, 5.41) is 7.59. The van der Waals surface area contributed by atoms with Gasteiger partial charge in [-0.25, -0.2) is 9.07 Å². The molecule has 28 heavy (non-hydrogen) atoms. The third-order valence-electron chi connectivity index (χ3n) is 5.42. The molecule has 2 fully saturated rings. The van der Waals surface area contributed by atoms with Gasteiger partial charge in [-0.05, 0) is 37.8 Å². The molecule has 8 heteroatoms. The SMILES string of the molecule is O=C(Nc1ccnn1C1CCN(C(=O)Cc2c(F)cccc2Cl)CC1)C1CC1. The van der Waals surface area contributed by atoms with Crippen LogP contribution in [0.2, 0.25) is 5.02 Å². The number of hydrogen-bond donors (Lipinski definition) is 1. The number of likely N-dealkylation sites (tertiary alicyclic amines) is 1. The topological polar surface area (TPSA) is 67.2 Å². The molecular weight excluding hydrogens is 383 g/mol. The number of piperidine rings is 1. The van der Waals surface area contributed by atoms with Gasteiger partial charge in [-0.2, -0.15) is 5.10 Å². The van der Waals surface area contributed by atoms with Crippen molar-refractivity contribution in [3.63, 3.8) is 0 Å². The number of nitrogens with zero attached hydrogens (tertiary/aromatic N) is 3. The van der Waals surface area contributed by atoms with E-state index in [-0.39, 0.29) is 40.8 Å². The molecule has 1 aromatic carbocycles. The van der Waals surface area contributed by atoms with Crippen LogP contribution in [0.4, 0.5) is 10.2 Å². The minimum atomic E-state index is -0.455. The summed E-state index contributed by atoms with van der Waals surface area (Å²) in [4.78, 5) is 26.4. The highest BCUT2D eigenvalue weighted by Crippen LogP contribution is 2.31. The van der Waals surface area contributed by atoms with E-state index < -0.39 is 5.82 Å². The van der Waals surface area contributed by atoms with Crippen molar-refractivity contribution in [2.45, 2.75) is 38.1 Å². The first-order chi connectivity index (χ1) is 13.5. The molecule has 2 aliphatic rings. The Morgan fingerprint density at radius 1 is 1.18 bits per heavy atom. The Labute approximate surface area is 167 Å². The number of carbonyl (C=O) groups excluding carboxylic acids is 2. The maximum atomic E-state index is 13.9. The Hall–Kier alpha value is -2.41. The van der Waals surface area contributed by atoms with Gasteiger partial charge in [0, 0.05) is 35.7 Å². The van der Waals surface area contributed by atoms with E-state index in [9.17, 15) is 14.0 Å². The predicted molar refractivity (Wildman–Crippen MR) is 104 cm³/mol. The Kier molecular flexibility index (Phi) is 5.35. The number of benzene rings is 1. The van der Waals surface area contributed by atoms with E-state index in [2.05, 4.69) is 10.4 Å². The summed E-state index contributed by atoms with van der Waals surface area (Å²) >= 11 is 6.03. The van der Waals surface area contributed by atoms with Crippen molar-refractivity contribution in [1.29, 1.82) is 0 Å². The molecule has 4 rings (SSSR count). The molecule has 1 aliphatic carbocycles. The van der Waals surface area contributed by atoms with Gasteiger partial charge in [-0.3, -0.25) is 9.59 Å². The fraction of sp³-hybridized carbons (Fsp3) is 0.450. The van der Waals surface area contributed by atoms with Crippen molar-refractivity contribution in [3.8, 4) is 0 Å². The minimum Gasteiger partial charge on any atom is -0.342 e. The van der Waals surface area contributed by atoms with Crippen LogP contribution in [0, 0.1) is 11.7 Å². The Balaban J connectivity index is 1.35. The largest absolute Gasteiger partial charge is 0.342 e. The van der Waals surface area contributed by atoms with Gasteiger partial charge >= 0.3 is 0 Å². The zero-order valence-electron chi connectivity index (χ0n) is 15.4. The number of carbonyl (C=O) groups is 2. The van der Waals surface area contributed by atoms with Crippen molar-refractivity contribution in [2.75, 3.05) is 18.4 Å². The van der Waals surface area contributed by atoms with Crippen LogP contribution in [0.25, 0.3) is 0 Å². The lowest BCUT2D eigenvalue weighted by Crippen LogP contribution is -2.40. The molecule has 6 nitrogen and oxygen atoms in total. The van der Waals surface area contributed by atoms with Gasteiger partial charge in [0.2, 0.25) is 11.8 Å². The zero-order valence-corrected chi connectivity index (χ0v) is 16.2. The van der Waals surface area contributed by atoms with Gasteiger partial charge in [0.15, 0.2) is 0 Å². The number of halogens is 2. The van der Waals surface area contributed by atoms with Crippen molar-refractivity contribution < 1.29 is 14.0 Å². The molecule has 2 heterocycles. The second kappa shape index (κ2) is 7.91. The summed E-state index contributed by atoms with van der Waals surface area (Å²) in [5.74, 6) is 0.306. The molecule has 1 aliphatic heterocycles. The molecule has 1 aromatic heterocycles. The smallest absolute Gasteiger partial charge is 0.228 e. The molecule has 0 spiro atoms. The van der Waals surface area contributed by atoms with Crippen LogP contribution in [-0.4, -0.2) is 39.6 Å². The lowest BCUT2D eigenvalue weighted by molar-refractivity contribution is -0.131. The normalized spacial score (nSPS) is 17.6. The molecule has 0 unspecified atom stereocenters. The highest BCUT2D eigenvalue weighted by molar-refractivity contribution is 6.31. The van der Waals surface area contributed by atoms with Gasteiger partial charge in [0.05, 0.1) is 18.7 Å². The molecule has 2 amide bonds. The summed E-state index contributed by atoms with van der Waals surface area (Å²) < 4.78 is 15.8. The van der Waals surface area contributed by atoms with Crippen LogP contribution in [0.5, 0.6) is 0 Å². The number of hydrogen-bond acceptors (Lipinski definition) is 3. The van der Waals surface area contributed by atoms with Crippen LogP contribution in [0.15, 0.2) is 30.5 Å². The lowest BCUT2D eigenvalue weighted by atomic mass is 10.0. The average molecular weight is 405 g/mol. The highest BCUT2D eigenvalue weighted by Gasteiger charge is 2.31. The maximum Gasteiger partial charge on any atom is 0.228 e. The minimum absolute atomic E-state index is 0.0410. The summed E-state index contributed by atoms with van der Waals surface area (Å²) in [7, 11) is 0. The third kappa shape index (κ3) is 4.04. The number of rotatable bonds is 5. The summed E-state index contributed by atoms with van der Waals surface area (Å²) in [5.41, 5.74) is 0.244. The van der Waals surface area contributed by atoms with Gasteiger partial charge in [-0.1, -0.05) is 17.7 Å². The van der Waals surface area contributed by atoms with E-state index in [1.807, 2.05) is 4.68 Å². The third-order valence-corrected chi connectivity index (χ3v) is 5.78. The highest BCUT2D eigenvalue weighted by atomic mass is 35.5. The zero-order chi connectivity index (χ0) is 19.7. The first-order valence-corrected chi connectivity index (χ1v) is 9.96. The quantitative estimate of drug-likeness (QED) is 0.830. The van der Waals surface area contributed by atoms with Crippen LogP contribution in [0.3, 0.4) is 0 Å². The van der Waals surface area contributed by atoms with E-state index in [1.54, 1.807) is 23.2 Å². The van der Waals surface area contributed by atoms with E-state index in [0.717, 1.165) is 25.7 Å². The Morgan fingerprint density at radius 2 is 1.93 bits per heavy atom. The van der Waals surface area contributed by atoms with Crippen LogP contribution < -0.4 is 5.32 Å². The van der Waals surface area contributed by atoms with E-state index in [1.165, 1.54) is 12.1 Å². The Bertz CT molecular complexity index is 868. The Morgan fingerprint density at radius 3 is 2.61 bits per heavy atom. The molecule has 2 aromatic rings. The fourth-order valence-electron chi connectivity index (χ4n) is 3.60. The predicted octanol–water partition coefficient (Wildman–Crippen LogP) is 3.43. The first kappa shape index (κ1) is 18.9. The van der Waals surface area contributed by atoms with Crippen molar-refractivity contribution >= 4 is 29.2 Å². The van der Waals surface area contributed by atoms with Crippen molar-refractivity contribution in [2.24, 2.45) is 5.92 Å². The summed E-state index contributed by atoms with van der Waals surface area (Å²) in [6.45, 7) is 1.12. The molecular formula is C20H22ClFN4O2. The number of aromatic nitrogens is 2. The van der Waals surface area contributed by atoms with Crippen LogP contribution in [0.1, 0.15) is 37.3 Å². The molecule has 0 atom stereocenters. The van der Waals surface area contributed by atoms with Gasteiger partial charge in [0.1, 0.15) is 11.6 Å². The molecule has 1 saturated carbocycles. The van der Waals surface area contributed by atoms with E-state index >= 15 is 0 Å². The monoisotopic (exact) mass is 404 g/mol. The van der Waals surface area contributed by atoms with Crippen molar-refractivity contribution in [1.82, 2.24) is 14.7 Å². The van der Waals surface area contributed by atoms with Gasteiger partial charge < -0.3 is 10.2 Å². The molecule has 1 saturated heterocycles. The second-order valence-electron chi connectivity index (χ2n) is 7.41. The standard InChI is InChI=1S/C20H22ClFN4O2/c21-16-2-1-3-17(22)15(16)12-19(27)25-10-7-14(8-11-25)26-18(6-9-23-26)24-20(28)13-4-5-13/h1-3,6,9,13-14H,4-5,7-8,10-12H2,(H,24,28). The van der Waals surface area contributed by atoms with E-state index in [4.69, 9.17) is 11.6 Å². The van der Waals surface area contributed by atoms with Crippen molar-refractivity contribution in [3.05, 3.63) is 46.9 Å². The number of amides is 2. The van der Waals surface area contributed by atoms with Crippen LogP contribution in [-0.2, 0) is 16.0 Å². The van der Waals surface area contributed by atoms with E-state index in [0.29, 0.717) is 18.9 Å². The summed E-state index contributed by atoms with van der Waals surface area (Å²) in [6, 6.07) is 6.36. The lowest BCUT2D eigenvalue weighted by Gasteiger charge is -2.33. The van der Waals surface area contributed by atoms with Gasteiger partial charge in [0.25, 0.3) is 0 Å². The second-order valence-corrected chi connectivity index (χ2v) is 7.82. The van der Waals surface area contributed by atoms with Crippen LogP contribution >= 0.6 is 11.6 Å². The molecule has 148 valence electrons. The maximum absolute atomic E-state index is 13.9. The van der Waals surface area contributed by atoms with Gasteiger partial charge in [-0.15, -0.1) is 0 Å². The average Bonchev–Trinajstić information content (AvgIpc) is 3.45. The molecule has 0 radical (unpaired) electrons. The summed E-state index contributed by atoms with van der Waals surface area (Å²) in [6.07, 6.45) is 5.00. The molecule has 1 N–H and O–H groups in total. The first-order valence-electron chi connectivity index (χ1n) is 9.58. The molecule has 0 bridgehead atoms.